The summed E-state index contributed by atoms with van der Waals surface area (Å²) in [6, 6.07) is 35.3. The third-order valence-corrected chi connectivity index (χ3v) is 8.96. The molecule has 0 aliphatic carbocycles. The van der Waals surface area contributed by atoms with Crippen LogP contribution in [0.15, 0.2) is 132 Å². The van der Waals surface area contributed by atoms with Crippen molar-refractivity contribution in [3.05, 3.63) is 149 Å². The van der Waals surface area contributed by atoms with Gasteiger partial charge in [0, 0.05) is 27.8 Å². The van der Waals surface area contributed by atoms with Crippen LogP contribution < -0.4 is 30.2 Å². The minimum Gasteiger partial charge on any atom is -0.496 e. The van der Waals surface area contributed by atoms with Crippen molar-refractivity contribution in [2.75, 3.05) is 32.0 Å². The largest absolute Gasteiger partial charge is 0.496 e. The van der Waals surface area contributed by atoms with E-state index in [9.17, 15) is 14.4 Å². The lowest BCUT2D eigenvalue weighted by Gasteiger charge is -2.18. The van der Waals surface area contributed by atoms with E-state index in [1.807, 2.05) is 36.4 Å². The molecule has 11 heteroatoms. The number of benzene rings is 5. The molecule has 3 amide bonds. The van der Waals surface area contributed by atoms with E-state index in [0.29, 0.717) is 49.7 Å². The monoisotopic (exact) mass is 707 g/mol. The number of nitrogens with one attached hydrogen (secondary N) is 3. The highest BCUT2D eigenvalue weighted by Crippen LogP contribution is 2.38. The van der Waals surface area contributed by atoms with Crippen molar-refractivity contribution in [1.82, 2.24) is 5.32 Å². The molecule has 0 saturated heterocycles. The lowest BCUT2D eigenvalue weighted by Crippen LogP contribution is -2.30. The van der Waals surface area contributed by atoms with Crippen molar-refractivity contribution in [1.29, 1.82) is 0 Å². The smallest absolute Gasteiger partial charge is 0.272 e. The molecule has 0 bridgehead atoms. The minimum atomic E-state index is -0.642. The molecule has 0 fully saturated rings. The number of hydrogen-bond acceptors (Lipinski definition) is 7. The van der Waals surface area contributed by atoms with Crippen LogP contribution in [0, 0.1) is 0 Å². The number of carbonyl (C=O) groups excluding carboxylic acids is 3. The molecule has 5 rings (SSSR count). The second kappa shape index (κ2) is 17.1. The molecule has 0 saturated carbocycles. The molecule has 254 valence electrons. The summed E-state index contributed by atoms with van der Waals surface area (Å²) in [6.07, 6.45) is 1.50. The van der Waals surface area contributed by atoms with Gasteiger partial charge in [-0.25, -0.2) is 0 Å². The van der Waals surface area contributed by atoms with Crippen LogP contribution in [0.1, 0.15) is 26.7 Å². The predicted octanol–water partition coefficient (Wildman–Crippen LogP) is 8.25. The molecule has 50 heavy (non-hydrogen) atoms. The molecule has 5 aromatic carbocycles. The highest BCUT2D eigenvalue weighted by atomic mass is 35.5. The molecule has 5 aromatic rings. The second-order valence-electron chi connectivity index (χ2n) is 10.7. The van der Waals surface area contributed by atoms with Crippen LogP contribution in [0.4, 0.5) is 11.4 Å². The topological polar surface area (TPSA) is 115 Å². The molecule has 1 atom stereocenters. The summed E-state index contributed by atoms with van der Waals surface area (Å²) in [6.45, 7) is 0. The van der Waals surface area contributed by atoms with Crippen LogP contribution >= 0.6 is 23.4 Å². The van der Waals surface area contributed by atoms with Gasteiger partial charge in [-0.3, -0.25) is 14.4 Å². The van der Waals surface area contributed by atoms with Gasteiger partial charge in [0.2, 0.25) is 5.91 Å². The van der Waals surface area contributed by atoms with Gasteiger partial charge < -0.3 is 30.2 Å². The van der Waals surface area contributed by atoms with Crippen LogP contribution in [0.5, 0.6) is 17.2 Å². The summed E-state index contributed by atoms with van der Waals surface area (Å²) in [4.78, 5) is 41.5. The zero-order valence-electron chi connectivity index (χ0n) is 27.4. The first kappa shape index (κ1) is 35.6. The molecule has 0 spiro atoms. The Hall–Kier alpha value is -5.71. The number of amides is 3. The van der Waals surface area contributed by atoms with Gasteiger partial charge in [0.25, 0.3) is 11.8 Å². The van der Waals surface area contributed by atoms with Gasteiger partial charge in [0.1, 0.15) is 16.7 Å². The van der Waals surface area contributed by atoms with Crippen LogP contribution in [0.2, 0.25) is 5.02 Å². The molecular formula is C39H34ClN3O6S. The Balaban J connectivity index is 1.44. The van der Waals surface area contributed by atoms with E-state index in [0.717, 1.165) is 5.56 Å². The van der Waals surface area contributed by atoms with Gasteiger partial charge >= 0.3 is 0 Å². The number of methoxy groups -OCH3 is 3. The number of thioether (sulfide) groups is 1. The quantitative estimate of drug-likeness (QED) is 0.0834. The maximum atomic E-state index is 13.9. The summed E-state index contributed by atoms with van der Waals surface area (Å²) < 4.78 is 16.4. The number of carbonyl (C=O) groups is 3. The zero-order valence-corrected chi connectivity index (χ0v) is 29.0. The molecular weight excluding hydrogens is 674 g/mol. The molecule has 9 nitrogen and oxygen atoms in total. The van der Waals surface area contributed by atoms with Gasteiger partial charge in [-0.1, -0.05) is 78.3 Å². The van der Waals surface area contributed by atoms with Crippen LogP contribution in [0.25, 0.3) is 6.08 Å². The third-order valence-electron chi connectivity index (χ3n) is 7.38. The molecule has 1 unspecified atom stereocenters. The molecule has 0 heterocycles. The van der Waals surface area contributed by atoms with Crippen molar-refractivity contribution in [2.24, 2.45) is 0 Å². The predicted molar refractivity (Wildman–Crippen MR) is 198 cm³/mol. The van der Waals surface area contributed by atoms with E-state index in [2.05, 4.69) is 16.0 Å². The van der Waals surface area contributed by atoms with Gasteiger partial charge in [0.15, 0.2) is 11.5 Å². The first-order chi connectivity index (χ1) is 24.3. The van der Waals surface area contributed by atoms with Crippen LogP contribution in [0.3, 0.4) is 0 Å². The molecule has 0 aromatic heterocycles. The molecule has 0 aliphatic rings. The number of ether oxygens (including phenoxy) is 3. The van der Waals surface area contributed by atoms with Crippen molar-refractivity contribution < 1.29 is 28.6 Å². The normalized spacial score (nSPS) is 11.6. The summed E-state index contributed by atoms with van der Waals surface area (Å²) in [7, 11) is 4.49. The van der Waals surface area contributed by atoms with Gasteiger partial charge in [0.05, 0.1) is 32.0 Å². The lowest BCUT2D eigenvalue weighted by atomic mass is 10.1. The highest BCUT2D eigenvalue weighted by molar-refractivity contribution is 8.00. The van der Waals surface area contributed by atoms with E-state index in [4.69, 9.17) is 25.8 Å². The molecule has 0 aliphatic heterocycles. The van der Waals surface area contributed by atoms with Gasteiger partial charge in [-0.15, -0.1) is 11.8 Å². The fraction of sp³-hybridized carbons (Fsp3) is 0.103. The SMILES string of the molecule is COc1cc(OC)c(OC)cc1/C=C(/NC(=O)c1ccccc1)C(=O)Nc1cccc(SC(C(=O)Nc2ccccc2Cl)c2ccccc2)c1. The summed E-state index contributed by atoms with van der Waals surface area (Å²) in [5, 5.41) is 8.35. The first-order valence-corrected chi connectivity index (χ1v) is 16.6. The van der Waals surface area contributed by atoms with Crippen molar-refractivity contribution >= 4 is 58.5 Å². The Morgan fingerprint density at radius 1 is 0.700 bits per heavy atom. The van der Waals surface area contributed by atoms with Gasteiger partial charge in [-0.05, 0) is 60.2 Å². The third kappa shape index (κ3) is 9.04. The second-order valence-corrected chi connectivity index (χ2v) is 12.3. The fourth-order valence-corrected chi connectivity index (χ4v) is 6.17. The van der Waals surface area contributed by atoms with E-state index in [-0.39, 0.29) is 11.6 Å². The standard InChI is InChI=1S/C39H34ClN3O6S/c1-47-33-24-35(49-3)34(48-2)22-27(33)21-32(43-37(44)26-15-8-5-9-16-26)38(45)41-28-17-12-18-29(23-28)50-36(25-13-6-4-7-14-25)39(46)42-31-20-11-10-19-30(31)40/h4-24,36H,1-3H3,(H,41,45)(H,42,46)(H,43,44)/b32-21+. The Bertz CT molecular complexity index is 2010. The van der Waals surface area contributed by atoms with Crippen LogP contribution in [-0.2, 0) is 9.59 Å². The highest BCUT2D eigenvalue weighted by Gasteiger charge is 2.24. The minimum absolute atomic E-state index is 0.0521. The van der Waals surface area contributed by atoms with E-state index < -0.39 is 17.1 Å². The van der Waals surface area contributed by atoms with Crippen molar-refractivity contribution in [3.63, 3.8) is 0 Å². The fourth-order valence-electron chi connectivity index (χ4n) is 4.91. The average molecular weight is 708 g/mol. The zero-order chi connectivity index (χ0) is 35.5. The van der Waals surface area contributed by atoms with E-state index in [1.165, 1.54) is 39.2 Å². The number of rotatable bonds is 13. The Morgan fingerprint density at radius 2 is 1.34 bits per heavy atom. The maximum Gasteiger partial charge on any atom is 0.272 e. The summed E-state index contributed by atoms with van der Waals surface area (Å²) in [5.41, 5.74) is 2.51. The molecule has 3 N–H and O–H groups in total. The van der Waals surface area contributed by atoms with E-state index in [1.54, 1.807) is 84.9 Å². The number of para-hydroxylation sites is 1. The summed E-state index contributed by atoms with van der Waals surface area (Å²) in [5.74, 6) is -0.103. The van der Waals surface area contributed by atoms with E-state index >= 15 is 0 Å². The van der Waals surface area contributed by atoms with Crippen molar-refractivity contribution in [3.8, 4) is 17.2 Å². The average Bonchev–Trinajstić information content (AvgIpc) is 3.15. The lowest BCUT2D eigenvalue weighted by molar-refractivity contribution is -0.116. The van der Waals surface area contributed by atoms with Crippen LogP contribution in [-0.4, -0.2) is 39.1 Å². The summed E-state index contributed by atoms with van der Waals surface area (Å²) >= 11 is 7.64. The number of halogens is 1. The molecule has 0 radical (unpaired) electrons. The Labute approximate surface area is 299 Å². The Kier molecular flexibility index (Phi) is 12.2. The van der Waals surface area contributed by atoms with Gasteiger partial charge in [-0.2, -0.15) is 0 Å². The number of hydrogen-bond donors (Lipinski definition) is 3. The maximum absolute atomic E-state index is 13.9. The Morgan fingerprint density at radius 3 is 2.02 bits per heavy atom. The number of anilines is 2. The first-order valence-electron chi connectivity index (χ1n) is 15.4. The van der Waals surface area contributed by atoms with Crippen molar-refractivity contribution in [2.45, 2.75) is 10.1 Å².